The van der Waals surface area contributed by atoms with Crippen LogP contribution in [0.1, 0.15) is 74.8 Å². The number of rotatable bonds is 7. The molecule has 0 saturated heterocycles. The monoisotopic (exact) mass is 400 g/mol. The van der Waals surface area contributed by atoms with Crippen molar-refractivity contribution in [2.45, 2.75) is 65.9 Å². The molecule has 0 spiro atoms. The maximum atomic E-state index is 10.6. The van der Waals surface area contributed by atoms with Gasteiger partial charge in [-0.15, -0.1) is 0 Å². The first-order valence-corrected chi connectivity index (χ1v) is 10.4. The zero-order valence-electron chi connectivity index (χ0n) is 18.8. The first kappa shape index (κ1) is 22.9. The van der Waals surface area contributed by atoms with Gasteiger partial charge in [-0.2, -0.15) is 0 Å². The molecule has 1 heterocycles. The number of aliphatic imine (C=N–C) groups is 1. The van der Waals surface area contributed by atoms with E-state index in [9.17, 15) is 5.11 Å². The van der Waals surface area contributed by atoms with Crippen molar-refractivity contribution < 1.29 is 9.63 Å². The van der Waals surface area contributed by atoms with Gasteiger partial charge in [-0.3, -0.25) is 4.99 Å². The number of aliphatic hydroxyl groups is 1. The molecule has 0 aliphatic rings. The van der Waals surface area contributed by atoms with E-state index in [0.717, 1.165) is 29.1 Å². The number of aliphatic hydroxyl groups excluding tert-OH is 1. The van der Waals surface area contributed by atoms with Crippen molar-refractivity contribution in [3.05, 3.63) is 52.4 Å². The normalized spacial score (nSPS) is 14.6. The first-order valence-electron chi connectivity index (χ1n) is 10.4. The summed E-state index contributed by atoms with van der Waals surface area (Å²) in [6, 6.07) is 8.17. The number of hydrogen-bond donors (Lipinski definition) is 3. The number of hydrogen-bond acceptors (Lipinski definition) is 4. The average Bonchev–Trinajstić information content (AvgIpc) is 3.01. The molecule has 6 heteroatoms. The number of guanidine groups is 1. The quantitative estimate of drug-likeness (QED) is 0.484. The predicted octanol–water partition coefficient (Wildman–Crippen LogP) is 3.98. The van der Waals surface area contributed by atoms with Crippen LogP contribution in [0, 0.1) is 13.8 Å². The minimum absolute atomic E-state index is 0.102. The van der Waals surface area contributed by atoms with Gasteiger partial charge < -0.3 is 20.3 Å². The fourth-order valence-corrected chi connectivity index (χ4v) is 3.37. The third-order valence-corrected chi connectivity index (χ3v) is 5.07. The summed E-state index contributed by atoms with van der Waals surface area (Å²) in [5, 5.41) is 21.1. The van der Waals surface area contributed by atoms with Crippen LogP contribution in [0.3, 0.4) is 0 Å². The Labute approximate surface area is 174 Å². The van der Waals surface area contributed by atoms with Crippen LogP contribution in [0.5, 0.6) is 0 Å². The lowest BCUT2D eigenvalue weighted by Gasteiger charge is -2.20. The summed E-state index contributed by atoms with van der Waals surface area (Å²) in [6.45, 7) is 16.3. The van der Waals surface area contributed by atoms with E-state index in [1.165, 1.54) is 5.56 Å². The van der Waals surface area contributed by atoms with Gasteiger partial charge >= 0.3 is 0 Å². The van der Waals surface area contributed by atoms with Crippen molar-refractivity contribution >= 4 is 5.96 Å². The van der Waals surface area contributed by atoms with Crippen LogP contribution in [0.2, 0.25) is 0 Å². The highest BCUT2D eigenvalue weighted by Crippen LogP contribution is 2.24. The van der Waals surface area contributed by atoms with Gasteiger partial charge in [-0.05, 0) is 37.3 Å². The molecule has 160 valence electrons. The van der Waals surface area contributed by atoms with Gasteiger partial charge in [0.25, 0.3) is 0 Å². The topological polar surface area (TPSA) is 82.7 Å². The Kier molecular flexibility index (Phi) is 7.85. The standard InChI is InChI=1S/C23H36N4O2/c1-8-24-22(25-13-15(2)21-16(3)27-29-17(21)4)26-14-20(28)18-9-11-19(12-10-18)23(5,6)7/h9-12,15,20,28H,8,13-14H2,1-7H3,(H2,24,25,26). The molecule has 0 bridgehead atoms. The molecule has 0 radical (unpaired) electrons. The van der Waals surface area contributed by atoms with E-state index in [1.54, 1.807) is 0 Å². The molecule has 2 unspecified atom stereocenters. The van der Waals surface area contributed by atoms with E-state index < -0.39 is 6.10 Å². The Morgan fingerprint density at radius 1 is 1.17 bits per heavy atom. The van der Waals surface area contributed by atoms with Crippen LogP contribution < -0.4 is 10.6 Å². The predicted molar refractivity (Wildman–Crippen MR) is 118 cm³/mol. The summed E-state index contributed by atoms with van der Waals surface area (Å²) in [5.41, 5.74) is 4.28. The van der Waals surface area contributed by atoms with E-state index in [2.05, 4.69) is 60.6 Å². The lowest BCUT2D eigenvalue weighted by atomic mass is 9.86. The Balaban J connectivity index is 1.98. The van der Waals surface area contributed by atoms with Crippen LogP contribution in [-0.2, 0) is 5.41 Å². The maximum Gasteiger partial charge on any atom is 0.191 e. The smallest absolute Gasteiger partial charge is 0.191 e. The van der Waals surface area contributed by atoms with E-state index in [1.807, 2.05) is 32.9 Å². The van der Waals surface area contributed by atoms with E-state index in [0.29, 0.717) is 19.0 Å². The summed E-state index contributed by atoms with van der Waals surface area (Å²) < 4.78 is 5.27. The van der Waals surface area contributed by atoms with Crippen LogP contribution in [-0.4, -0.2) is 35.9 Å². The van der Waals surface area contributed by atoms with Gasteiger partial charge in [-0.25, -0.2) is 0 Å². The molecule has 2 rings (SSSR count). The molecular formula is C23H36N4O2. The largest absolute Gasteiger partial charge is 0.387 e. The summed E-state index contributed by atoms with van der Waals surface area (Å²) in [5.74, 6) is 1.74. The third kappa shape index (κ3) is 6.32. The van der Waals surface area contributed by atoms with Crippen molar-refractivity contribution in [1.82, 2.24) is 15.8 Å². The van der Waals surface area contributed by atoms with Crippen LogP contribution in [0.15, 0.2) is 33.8 Å². The van der Waals surface area contributed by atoms with Gasteiger partial charge in [0.2, 0.25) is 0 Å². The Hall–Kier alpha value is -2.34. The van der Waals surface area contributed by atoms with Crippen molar-refractivity contribution in [2.24, 2.45) is 4.99 Å². The van der Waals surface area contributed by atoms with E-state index >= 15 is 0 Å². The molecular weight excluding hydrogens is 364 g/mol. The van der Waals surface area contributed by atoms with Crippen LogP contribution in [0.25, 0.3) is 0 Å². The molecule has 1 aromatic heterocycles. The highest BCUT2D eigenvalue weighted by atomic mass is 16.5. The zero-order chi connectivity index (χ0) is 21.6. The van der Waals surface area contributed by atoms with Gasteiger partial charge in [0.15, 0.2) is 5.96 Å². The minimum Gasteiger partial charge on any atom is -0.387 e. The maximum absolute atomic E-state index is 10.6. The Morgan fingerprint density at radius 3 is 2.34 bits per heavy atom. The second-order valence-electron chi connectivity index (χ2n) is 8.63. The van der Waals surface area contributed by atoms with E-state index in [-0.39, 0.29) is 11.3 Å². The molecule has 1 aromatic carbocycles. The zero-order valence-corrected chi connectivity index (χ0v) is 18.8. The van der Waals surface area contributed by atoms with Gasteiger partial charge in [0.1, 0.15) is 5.76 Å². The summed E-state index contributed by atoms with van der Waals surface area (Å²) in [4.78, 5) is 4.68. The van der Waals surface area contributed by atoms with Crippen molar-refractivity contribution in [3.63, 3.8) is 0 Å². The SMILES string of the molecule is CCNC(=NCC(C)c1c(C)noc1C)NCC(O)c1ccc(C(C)(C)C)cc1. The fourth-order valence-electron chi connectivity index (χ4n) is 3.37. The number of nitrogens with one attached hydrogen (secondary N) is 2. The summed E-state index contributed by atoms with van der Waals surface area (Å²) in [7, 11) is 0. The molecule has 2 aromatic rings. The lowest BCUT2D eigenvalue weighted by molar-refractivity contribution is 0.181. The molecule has 0 aliphatic heterocycles. The minimum atomic E-state index is -0.604. The Morgan fingerprint density at radius 2 is 1.83 bits per heavy atom. The molecule has 0 aliphatic carbocycles. The Bertz CT molecular complexity index is 784. The molecule has 0 amide bonds. The van der Waals surface area contributed by atoms with E-state index in [4.69, 9.17) is 4.52 Å². The third-order valence-electron chi connectivity index (χ3n) is 5.07. The first-order chi connectivity index (χ1) is 13.6. The van der Waals surface area contributed by atoms with Crippen molar-refractivity contribution in [1.29, 1.82) is 0 Å². The van der Waals surface area contributed by atoms with Crippen molar-refractivity contribution in [3.8, 4) is 0 Å². The summed E-state index contributed by atoms with van der Waals surface area (Å²) in [6.07, 6.45) is -0.604. The van der Waals surface area contributed by atoms with Gasteiger partial charge in [0, 0.05) is 31.1 Å². The molecule has 6 nitrogen and oxygen atoms in total. The second-order valence-corrected chi connectivity index (χ2v) is 8.63. The fraction of sp³-hybridized carbons (Fsp3) is 0.565. The average molecular weight is 401 g/mol. The molecule has 0 fully saturated rings. The number of nitrogens with zero attached hydrogens (tertiary/aromatic N) is 2. The summed E-state index contributed by atoms with van der Waals surface area (Å²) >= 11 is 0. The van der Waals surface area contributed by atoms with Gasteiger partial charge in [-0.1, -0.05) is 57.1 Å². The molecule has 3 N–H and O–H groups in total. The highest BCUT2D eigenvalue weighted by molar-refractivity contribution is 5.79. The number of aromatic nitrogens is 1. The van der Waals surface area contributed by atoms with Crippen molar-refractivity contribution in [2.75, 3.05) is 19.6 Å². The highest BCUT2D eigenvalue weighted by Gasteiger charge is 2.17. The molecule has 29 heavy (non-hydrogen) atoms. The number of aryl methyl sites for hydroxylation is 2. The number of benzene rings is 1. The van der Waals surface area contributed by atoms with Gasteiger partial charge in [0.05, 0.1) is 11.8 Å². The molecule has 0 saturated carbocycles. The van der Waals surface area contributed by atoms with Crippen LogP contribution in [0.4, 0.5) is 0 Å². The second kappa shape index (κ2) is 9.92. The molecule has 2 atom stereocenters. The van der Waals surface area contributed by atoms with Crippen LogP contribution >= 0.6 is 0 Å². The lowest BCUT2D eigenvalue weighted by Crippen LogP contribution is -2.39.